The Labute approximate surface area is 137 Å². The molecule has 6 nitrogen and oxygen atoms in total. The van der Waals surface area contributed by atoms with Crippen molar-refractivity contribution in [2.24, 2.45) is 0 Å². The monoisotopic (exact) mass is 340 g/mol. The van der Waals surface area contributed by atoms with E-state index >= 15 is 0 Å². The first-order chi connectivity index (χ1) is 10.6. The molecular formula is C14H17ClN4O2S. The van der Waals surface area contributed by atoms with Gasteiger partial charge in [-0.05, 0) is 30.8 Å². The lowest BCUT2D eigenvalue weighted by molar-refractivity contribution is 0.102. The number of aromatic nitrogens is 2. The highest BCUT2D eigenvalue weighted by Gasteiger charge is 2.14. The molecule has 8 heteroatoms. The number of aliphatic hydroxyl groups excluding tert-OH is 1. The average molecular weight is 341 g/mol. The molecule has 0 unspecified atom stereocenters. The molecule has 22 heavy (non-hydrogen) atoms. The molecule has 2 N–H and O–H groups in total. The van der Waals surface area contributed by atoms with Crippen LogP contribution in [-0.4, -0.2) is 45.8 Å². The fourth-order valence-corrected chi connectivity index (χ4v) is 2.71. The summed E-state index contributed by atoms with van der Waals surface area (Å²) in [4.78, 5) is 14.1. The van der Waals surface area contributed by atoms with Crippen molar-refractivity contribution in [1.29, 1.82) is 0 Å². The Kier molecular flexibility index (Phi) is 6.26. The van der Waals surface area contributed by atoms with Crippen molar-refractivity contribution in [2.45, 2.75) is 13.5 Å². The summed E-state index contributed by atoms with van der Waals surface area (Å²) in [5.41, 5.74) is 0.654. The normalized spacial score (nSPS) is 10.9. The Bertz CT molecular complexity index is 618. The van der Waals surface area contributed by atoms with E-state index in [4.69, 9.17) is 16.7 Å². The van der Waals surface area contributed by atoms with Crippen LogP contribution in [0.1, 0.15) is 21.7 Å². The van der Waals surface area contributed by atoms with E-state index in [0.29, 0.717) is 28.8 Å². The topological polar surface area (TPSA) is 78.3 Å². The van der Waals surface area contributed by atoms with Crippen LogP contribution < -0.4 is 5.32 Å². The number of carbonyl (C=O) groups excluding carboxylic acids is 1. The summed E-state index contributed by atoms with van der Waals surface area (Å²) in [6.45, 7) is 4.04. The molecule has 1 amide bonds. The lowest BCUT2D eigenvalue weighted by atomic mass is 10.3. The summed E-state index contributed by atoms with van der Waals surface area (Å²) in [6, 6.07) is 6.86. The predicted octanol–water partition coefficient (Wildman–Crippen LogP) is 2.26. The minimum absolute atomic E-state index is 0.0938. The predicted molar refractivity (Wildman–Crippen MR) is 87.4 cm³/mol. The van der Waals surface area contributed by atoms with Crippen LogP contribution in [0.2, 0.25) is 5.02 Å². The summed E-state index contributed by atoms with van der Waals surface area (Å²) in [6.07, 6.45) is 0. The molecule has 0 aliphatic rings. The highest BCUT2D eigenvalue weighted by atomic mass is 35.5. The maximum absolute atomic E-state index is 12.1. The minimum atomic E-state index is -0.295. The minimum Gasteiger partial charge on any atom is -0.395 e. The van der Waals surface area contributed by atoms with Crippen molar-refractivity contribution < 1.29 is 9.90 Å². The van der Waals surface area contributed by atoms with Crippen LogP contribution in [0.3, 0.4) is 0 Å². The third-order valence-corrected chi connectivity index (χ3v) is 4.14. The lowest BCUT2D eigenvalue weighted by Crippen LogP contribution is -2.25. The van der Waals surface area contributed by atoms with Crippen LogP contribution in [0, 0.1) is 0 Å². The second kappa shape index (κ2) is 8.19. The number of hydrogen-bond donors (Lipinski definition) is 2. The Morgan fingerprint density at radius 2 is 2.09 bits per heavy atom. The number of likely N-dealkylation sites (N-methyl/N-ethyl adjacent to an activating group) is 1. The van der Waals surface area contributed by atoms with Gasteiger partial charge in [0.1, 0.15) is 5.01 Å². The van der Waals surface area contributed by atoms with Gasteiger partial charge in [-0.15, -0.1) is 10.2 Å². The summed E-state index contributed by atoms with van der Waals surface area (Å²) in [5, 5.41) is 21.3. The van der Waals surface area contributed by atoms with E-state index < -0.39 is 0 Å². The molecule has 0 bridgehead atoms. The zero-order valence-corrected chi connectivity index (χ0v) is 13.7. The Balaban J connectivity index is 1.98. The summed E-state index contributed by atoms with van der Waals surface area (Å²) < 4.78 is 0. The molecule has 1 heterocycles. The van der Waals surface area contributed by atoms with Gasteiger partial charge in [0, 0.05) is 17.3 Å². The van der Waals surface area contributed by atoms with Gasteiger partial charge in [0.15, 0.2) is 0 Å². The summed E-state index contributed by atoms with van der Waals surface area (Å²) >= 11 is 7.05. The molecule has 0 saturated carbocycles. The van der Waals surface area contributed by atoms with Gasteiger partial charge in [-0.25, -0.2) is 0 Å². The standard InChI is InChI=1S/C14H17ClN4O2S/c1-2-19(7-8-20)9-12-17-18-14(22-12)13(21)16-11-5-3-10(15)4-6-11/h3-6,20H,2,7-9H2,1H3,(H,16,21). The van der Waals surface area contributed by atoms with Gasteiger partial charge in [0.25, 0.3) is 5.91 Å². The van der Waals surface area contributed by atoms with Gasteiger partial charge in [-0.2, -0.15) is 0 Å². The number of aliphatic hydroxyl groups is 1. The zero-order valence-electron chi connectivity index (χ0n) is 12.1. The highest BCUT2D eigenvalue weighted by Crippen LogP contribution is 2.17. The number of halogens is 1. The van der Waals surface area contributed by atoms with E-state index in [9.17, 15) is 4.79 Å². The number of amides is 1. The molecule has 0 aliphatic heterocycles. The molecule has 118 valence electrons. The molecule has 0 radical (unpaired) electrons. The maximum atomic E-state index is 12.1. The molecule has 2 rings (SSSR count). The van der Waals surface area contributed by atoms with Crippen LogP contribution in [0.25, 0.3) is 0 Å². The first-order valence-corrected chi connectivity index (χ1v) is 8.04. The van der Waals surface area contributed by atoms with Crippen LogP contribution in [0.15, 0.2) is 24.3 Å². The number of nitrogens with one attached hydrogen (secondary N) is 1. The molecule has 0 aliphatic carbocycles. The van der Waals surface area contributed by atoms with E-state index in [1.54, 1.807) is 24.3 Å². The van der Waals surface area contributed by atoms with E-state index in [2.05, 4.69) is 15.5 Å². The van der Waals surface area contributed by atoms with Crippen molar-refractivity contribution >= 4 is 34.5 Å². The van der Waals surface area contributed by atoms with Crippen molar-refractivity contribution in [1.82, 2.24) is 15.1 Å². The molecule has 0 fully saturated rings. The SMILES string of the molecule is CCN(CCO)Cc1nnc(C(=O)Nc2ccc(Cl)cc2)s1. The van der Waals surface area contributed by atoms with Crippen LogP contribution in [0.5, 0.6) is 0 Å². The lowest BCUT2D eigenvalue weighted by Gasteiger charge is -2.16. The Morgan fingerprint density at radius 1 is 1.36 bits per heavy atom. The van der Waals surface area contributed by atoms with E-state index in [-0.39, 0.29) is 12.5 Å². The quantitative estimate of drug-likeness (QED) is 0.808. The molecule has 0 saturated heterocycles. The first kappa shape index (κ1) is 16.8. The van der Waals surface area contributed by atoms with Crippen LogP contribution in [-0.2, 0) is 6.54 Å². The zero-order chi connectivity index (χ0) is 15.9. The number of hydrogen-bond acceptors (Lipinski definition) is 6. The smallest absolute Gasteiger partial charge is 0.286 e. The van der Waals surface area contributed by atoms with Crippen molar-refractivity contribution in [3.63, 3.8) is 0 Å². The van der Waals surface area contributed by atoms with Crippen LogP contribution in [0.4, 0.5) is 5.69 Å². The van der Waals surface area contributed by atoms with Gasteiger partial charge in [0.05, 0.1) is 13.2 Å². The fraction of sp³-hybridized carbons (Fsp3) is 0.357. The number of anilines is 1. The average Bonchev–Trinajstić information content (AvgIpc) is 2.98. The van der Waals surface area contributed by atoms with Crippen LogP contribution >= 0.6 is 22.9 Å². The molecular weight excluding hydrogens is 324 g/mol. The van der Waals surface area contributed by atoms with E-state index in [1.807, 2.05) is 11.8 Å². The van der Waals surface area contributed by atoms with Gasteiger partial charge in [-0.3, -0.25) is 9.69 Å². The van der Waals surface area contributed by atoms with Gasteiger partial charge >= 0.3 is 0 Å². The third kappa shape index (κ3) is 4.74. The molecule has 1 aromatic carbocycles. The van der Waals surface area contributed by atoms with Crippen molar-refractivity contribution in [3.8, 4) is 0 Å². The second-order valence-electron chi connectivity index (χ2n) is 4.55. The first-order valence-electron chi connectivity index (χ1n) is 6.85. The van der Waals surface area contributed by atoms with Crippen molar-refractivity contribution in [3.05, 3.63) is 39.3 Å². The summed E-state index contributed by atoms with van der Waals surface area (Å²) in [7, 11) is 0. The number of benzene rings is 1. The Hall–Kier alpha value is -1.54. The van der Waals surface area contributed by atoms with Gasteiger partial charge in [-0.1, -0.05) is 29.9 Å². The molecule has 0 spiro atoms. The Morgan fingerprint density at radius 3 is 2.73 bits per heavy atom. The molecule has 1 aromatic heterocycles. The second-order valence-corrected chi connectivity index (χ2v) is 6.05. The van der Waals surface area contributed by atoms with Crippen molar-refractivity contribution in [2.75, 3.05) is 25.0 Å². The maximum Gasteiger partial charge on any atom is 0.286 e. The largest absolute Gasteiger partial charge is 0.395 e. The fourth-order valence-electron chi connectivity index (χ4n) is 1.81. The molecule has 0 atom stereocenters. The van der Waals surface area contributed by atoms with E-state index in [0.717, 1.165) is 11.6 Å². The van der Waals surface area contributed by atoms with Gasteiger partial charge in [0.2, 0.25) is 5.01 Å². The van der Waals surface area contributed by atoms with Gasteiger partial charge < -0.3 is 10.4 Å². The highest BCUT2D eigenvalue weighted by molar-refractivity contribution is 7.13. The third-order valence-electron chi connectivity index (χ3n) is 2.99. The number of nitrogens with zero attached hydrogens (tertiary/aromatic N) is 3. The number of carbonyl (C=O) groups is 1. The number of rotatable bonds is 7. The molecule has 2 aromatic rings. The van der Waals surface area contributed by atoms with E-state index in [1.165, 1.54) is 11.3 Å². The summed E-state index contributed by atoms with van der Waals surface area (Å²) in [5.74, 6) is -0.295.